The van der Waals surface area contributed by atoms with Crippen LogP contribution in [0.2, 0.25) is 5.02 Å². The molecule has 2 N–H and O–H groups in total. The predicted molar refractivity (Wildman–Crippen MR) is 83.6 cm³/mol. The SMILES string of the molecule is Cc1cnccc1CNCC(O)COc1ccccc1Cl. The van der Waals surface area contributed by atoms with Gasteiger partial charge in [-0.25, -0.2) is 0 Å². The normalized spacial score (nSPS) is 12.1. The summed E-state index contributed by atoms with van der Waals surface area (Å²) in [7, 11) is 0. The molecule has 1 atom stereocenters. The summed E-state index contributed by atoms with van der Waals surface area (Å²) in [4.78, 5) is 4.05. The Morgan fingerprint density at radius 1 is 1.33 bits per heavy atom. The third-order valence-electron chi connectivity index (χ3n) is 3.10. The van der Waals surface area contributed by atoms with E-state index in [-0.39, 0.29) is 6.61 Å². The van der Waals surface area contributed by atoms with E-state index < -0.39 is 6.10 Å². The molecule has 2 aromatic rings. The maximum atomic E-state index is 9.91. The molecule has 0 saturated carbocycles. The number of rotatable bonds is 7. The van der Waals surface area contributed by atoms with E-state index in [9.17, 15) is 5.11 Å². The smallest absolute Gasteiger partial charge is 0.138 e. The van der Waals surface area contributed by atoms with Crippen LogP contribution in [-0.2, 0) is 6.54 Å². The van der Waals surface area contributed by atoms with Gasteiger partial charge in [-0.15, -0.1) is 0 Å². The summed E-state index contributed by atoms with van der Waals surface area (Å²) in [6.45, 7) is 3.36. The Kier molecular flexibility index (Phi) is 5.99. The van der Waals surface area contributed by atoms with E-state index in [0.29, 0.717) is 23.9 Å². The molecule has 0 spiro atoms. The van der Waals surface area contributed by atoms with Gasteiger partial charge in [-0.3, -0.25) is 4.98 Å². The Bertz CT molecular complexity index is 578. The first kappa shape index (κ1) is 15.8. The number of aliphatic hydroxyl groups excluding tert-OH is 1. The first-order valence-corrected chi connectivity index (χ1v) is 7.20. The Hall–Kier alpha value is -1.62. The molecule has 112 valence electrons. The highest BCUT2D eigenvalue weighted by molar-refractivity contribution is 6.32. The highest BCUT2D eigenvalue weighted by Gasteiger charge is 2.07. The van der Waals surface area contributed by atoms with Gasteiger partial charge in [0.2, 0.25) is 0 Å². The summed E-state index contributed by atoms with van der Waals surface area (Å²) >= 11 is 5.98. The summed E-state index contributed by atoms with van der Waals surface area (Å²) in [6.07, 6.45) is 3.00. The Labute approximate surface area is 129 Å². The van der Waals surface area contributed by atoms with Crippen molar-refractivity contribution in [3.8, 4) is 5.75 Å². The summed E-state index contributed by atoms with van der Waals surface area (Å²) in [5.74, 6) is 0.586. The molecule has 0 radical (unpaired) electrons. The van der Waals surface area contributed by atoms with Crippen LogP contribution in [0.15, 0.2) is 42.7 Å². The van der Waals surface area contributed by atoms with Gasteiger partial charge in [0.25, 0.3) is 0 Å². The van der Waals surface area contributed by atoms with Crippen molar-refractivity contribution in [1.29, 1.82) is 0 Å². The number of aryl methyl sites for hydroxylation is 1. The number of para-hydroxylation sites is 1. The lowest BCUT2D eigenvalue weighted by Gasteiger charge is -2.14. The molecule has 0 saturated heterocycles. The number of aliphatic hydroxyl groups is 1. The molecule has 2 rings (SSSR count). The molecular formula is C16H19ClN2O2. The highest BCUT2D eigenvalue weighted by Crippen LogP contribution is 2.23. The zero-order valence-corrected chi connectivity index (χ0v) is 12.7. The minimum Gasteiger partial charge on any atom is -0.489 e. The van der Waals surface area contributed by atoms with Crippen LogP contribution in [0.5, 0.6) is 5.75 Å². The number of hydrogen-bond donors (Lipinski definition) is 2. The van der Waals surface area contributed by atoms with E-state index in [4.69, 9.17) is 16.3 Å². The lowest BCUT2D eigenvalue weighted by Crippen LogP contribution is -2.31. The second-order valence-electron chi connectivity index (χ2n) is 4.83. The van der Waals surface area contributed by atoms with Gasteiger partial charge in [0.1, 0.15) is 18.5 Å². The Balaban J connectivity index is 1.72. The number of halogens is 1. The quantitative estimate of drug-likeness (QED) is 0.825. The van der Waals surface area contributed by atoms with E-state index in [1.165, 1.54) is 5.56 Å². The minimum atomic E-state index is -0.594. The molecule has 1 aromatic carbocycles. The number of benzene rings is 1. The minimum absolute atomic E-state index is 0.200. The molecule has 0 bridgehead atoms. The fraction of sp³-hybridized carbons (Fsp3) is 0.312. The lowest BCUT2D eigenvalue weighted by atomic mass is 10.1. The van der Waals surface area contributed by atoms with Crippen molar-refractivity contribution in [3.63, 3.8) is 0 Å². The van der Waals surface area contributed by atoms with Gasteiger partial charge >= 0.3 is 0 Å². The van der Waals surface area contributed by atoms with Crippen molar-refractivity contribution >= 4 is 11.6 Å². The van der Waals surface area contributed by atoms with Gasteiger partial charge in [0, 0.05) is 25.5 Å². The van der Waals surface area contributed by atoms with E-state index in [1.807, 2.05) is 31.3 Å². The molecule has 21 heavy (non-hydrogen) atoms. The molecule has 0 aliphatic heterocycles. The number of aromatic nitrogens is 1. The van der Waals surface area contributed by atoms with Gasteiger partial charge in [0.05, 0.1) is 5.02 Å². The number of pyridine rings is 1. The monoisotopic (exact) mass is 306 g/mol. The van der Waals surface area contributed by atoms with Crippen LogP contribution in [0.1, 0.15) is 11.1 Å². The van der Waals surface area contributed by atoms with Gasteiger partial charge in [-0.05, 0) is 36.2 Å². The summed E-state index contributed by atoms with van der Waals surface area (Å²) in [5, 5.41) is 13.7. The first-order valence-electron chi connectivity index (χ1n) is 6.82. The molecule has 0 aliphatic rings. The van der Waals surface area contributed by atoms with Crippen molar-refractivity contribution in [3.05, 3.63) is 58.9 Å². The molecular weight excluding hydrogens is 288 g/mol. The number of nitrogens with zero attached hydrogens (tertiary/aromatic N) is 1. The maximum absolute atomic E-state index is 9.91. The molecule has 0 aliphatic carbocycles. The van der Waals surface area contributed by atoms with Gasteiger partial charge in [0.15, 0.2) is 0 Å². The van der Waals surface area contributed by atoms with Gasteiger partial charge in [-0.2, -0.15) is 0 Å². The summed E-state index contributed by atoms with van der Waals surface area (Å²) in [5.41, 5.74) is 2.30. The Morgan fingerprint density at radius 2 is 2.14 bits per heavy atom. The number of hydrogen-bond acceptors (Lipinski definition) is 4. The third-order valence-corrected chi connectivity index (χ3v) is 3.41. The van der Waals surface area contributed by atoms with E-state index >= 15 is 0 Å². The lowest BCUT2D eigenvalue weighted by molar-refractivity contribution is 0.106. The van der Waals surface area contributed by atoms with Gasteiger partial charge < -0.3 is 15.2 Å². The Morgan fingerprint density at radius 3 is 2.90 bits per heavy atom. The molecule has 4 nitrogen and oxygen atoms in total. The largest absolute Gasteiger partial charge is 0.489 e. The second-order valence-corrected chi connectivity index (χ2v) is 5.24. The van der Waals surface area contributed by atoms with Crippen molar-refractivity contribution in [2.75, 3.05) is 13.2 Å². The molecule has 5 heteroatoms. The van der Waals surface area contributed by atoms with E-state index in [1.54, 1.807) is 18.3 Å². The molecule has 0 fully saturated rings. The molecule has 1 unspecified atom stereocenters. The summed E-state index contributed by atoms with van der Waals surface area (Å²) < 4.78 is 5.49. The van der Waals surface area contributed by atoms with Crippen molar-refractivity contribution in [1.82, 2.24) is 10.3 Å². The van der Waals surface area contributed by atoms with E-state index in [0.717, 1.165) is 5.56 Å². The predicted octanol–water partition coefficient (Wildman–Crippen LogP) is 2.57. The topological polar surface area (TPSA) is 54.4 Å². The maximum Gasteiger partial charge on any atom is 0.138 e. The second kappa shape index (κ2) is 7.98. The van der Waals surface area contributed by atoms with Crippen LogP contribution in [-0.4, -0.2) is 29.3 Å². The van der Waals surface area contributed by atoms with Crippen LogP contribution < -0.4 is 10.1 Å². The number of ether oxygens (including phenoxy) is 1. The van der Waals surface area contributed by atoms with Gasteiger partial charge in [-0.1, -0.05) is 23.7 Å². The first-order chi connectivity index (χ1) is 10.2. The highest BCUT2D eigenvalue weighted by atomic mass is 35.5. The van der Waals surface area contributed by atoms with Crippen LogP contribution in [0.4, 0.5) is 0 Å². The standard InChI is InChI=1S/C16H19ClN2O2/c1-12-8-18-7-6-13(12)9-19-10-14(20)11-21-16-5-3-2-4-15(16)17/h2-8,14,19-20H,9-11H2,1H3. The van der Waals surface area contributed by atoms with Crippen molar-refractivity contribution in [2.45, 2.75) is 19.6 Å². The molecule has 1 heterocycles. The molecule has 1 aromatic heterocycles. The average molecular weight is 307 g/mol. The van der Waals surface area contributed by atoms with Crippen molar-refractivity contribution < 1.29 is 9.84 Å². The van der Waals surface area contributed by atoms with Crippen LogP contribution in [0, 0.1) is 6.92 Å². The van der Waals surface area contributed by atoms with Crippen molar-refractivity contribution in [2.24, 2.45) is 0 Å². The van der Waals surface area contributed by atoms with E-state index in [2.05, 4.69) is 10.3 Å². The number of nitrogens with one attached hydrogen (secondary N) is 1. The van der Waals surface area contributed by atoms with Crippen LogP contribution in [0.25, 0.3) is 0 Å². The fourth-order valence-corrected chi connectivity index (χ4v) is 2.07. The fourth-order valence-electron chi connectivity index (χ4n) is 1.88. The average Bonchev–Trinajstić information content (AvgIpc) is 2.48. The van der Waals surface area contributed by atoms with Crippen LogP contribution in [0.3, 0.4) is 0 Å². The van der Waals surface area contributed by atoms with Crippen LogP contribution >= 0.6 is 11.6 Å². The summed E-state index contributed by atoms with van der Waals surface area (Å²) in [6, 6.07) is 9.19. The molecule has 0 amide bonds. The zero-order valence-electron chi connectivity index (χ0n) is 11.9. The third kappa shape index (κ3) is 5.01. The zero-order chi connectivity index (χ0) is 15.1.